The second-order valence-corrected chi connectivity index (χ2v) is 5.08. The Balaban J connectivity index is 2.53. The molecule has 0 radical (unpaired) electrons. The lowest BCUT2D eigenvalue weighted by molar-refractivity contribution is 0.177. The van der Waals surface area contributed by atoms with Crippen LogP contribution in [-0.4, -0.2) is 32.6 Å². The molecule has 0 aliphatic heterocycles. The van der Waals surface area contributed by atoms with Gasteiger partial charge in [-0.3, -0.25) is 0 Å². The molecule has 0 amide bonds. The maximum absolute atomic E-state index is 5.16. The molecule has 1 aromatic rings. The maximum Gasteiger partial charge on any atom is 0.0623 e. The largest absolute Gasteiger partial charge is 0.383 e. The van der Waals surface area contributed by atoms with Gasteiger partial charge in [0.25, 0.3) is 0 Å². The highest BCUT2D eigenvalue weighted by Gasteiger charge is 2.07. The Hall–Kier alpha value is -0.510. The first-order valence-electron chi connectivity index (χ1n) is 5.53. The first kappa shape index (κ1) is 13.6. The van der Waals surface area contributed by atoms with Gasteiger partial charge in [-0.25, -0.2) is 0 Å². The molecule has 16 heavy (non-hydrogen) atoms. The predicted molar refractivity (Wildman–Crippen MR) is 71.4 cm³/mol. The summed E-state index contributed by atoms with van der Waals surface area (Å²) in [6.07, 6.45) is 0. The highest BCUT2D eigenvalue weighted by Crippen LogP contribution is 2.23. The van der Waals surface area contributed by atoms with Crippen LogP contribution in [0.2, 0.25) is 0 Å². The van der Waals surface area contributed by atoms with Gasteiger partial charge in [0.15, 0.2) is 0 Å². The molecule has 90 valence electrons. The Morgan fingerprint density at radius 2 is 2.12 bits per heavy atom. The van der Waals surface area contributed by atoms with E-state index in [0.29, 0.717) is 6.04 Å². The third-order valence-corrected chi connectivity index (χ3v) is 3.88. The number of ether oxygens (including phenoxy) is 1. The molecular formula is C13H21NOS. The minimum atomic E-state index is 0.413. The van der Waals surface area contributed by atoms with Crippen LogP contribution in [0, 0.1) is 13.8 Å². The van der Waals surface area contributed by atoms with Crippen molar-refractivity contribution >= 4 is 11.8 Å². The van der Waals surface area contributed by atoms with Crippen molar-refractivity contribution < 1.29 is 4.74 Å². The monoisotopic (exact) mass is 239 g/mol. The molecule has 0 bridgehead atoms. The third kappa shape index (κ3) is 4.16. The van der Waals surface area contributed by atoms with E-state index in [1.807, 2.05) is 18.8 Å². The van der Waals surface area contributed by atoms with Crippen molar-refractivity contribution in [1.29, 1.82) is 0 Å². The van der Waals surface area contributed by atoms with Gasteiger partial charge >= 0.3 is 0 Å². The van der Waals surface area contributed by atoms with Gasteiger partial charge in [-0.15, -0.1) is 11.8 Å². The highest BCUT2D eigenvalue weighted by atomic mass is 32.2. The smallest absolute Gasteiger partial charge is 0.0623 e. The van der Waals surface area contributed by atoms with Gasteiger partial charge in [-0.2, -0.15) is 0 Å². The Morgan fingerprint density at radius 1 is 1.38 bits per heavy atom. The molecule has 1 atom stereocenters. The average Bonchev–Trinajstić information content (AvgIpc) is 2.26. The molecule has 1 N–H and O–H groups in total. The molecule has 0 heterocycles. The second kappa shape index (κ2) is 6.94. The number of benzene rings is 1. The van der Waals surface area contributed by atoms with Gasteiger partial charge in [-0.1, -0.05) is 17.7 Å². The molecule has 0 aliphatic rings. The molecule has 0 saturated heterocycles. The number of nitrogens with one attached hydrogen (secondary N) is 1. The van der Waals surface area contributed by atoms with Gasteiger partial charge < -0.3 is 10.1 Å². The lowest BCUT2D eigenvalue weighted by atomic mass is 10.2. The van der Waals surface area contributed by atoms with Gasteiger partial charge in [0.2, 0.25) is 0 Å². The molecule has 1 aromatic carbocycles. The maximum atomic E-state index is 5.16. The quantitative estimate of drug-likeness (QED) is 0.771. The summed E-state index contributed by atoms with van der Waals surface area (Å²) in [7, 11) is 3.72. The van der Waals surface area contributed by atoms with Crippen LogP contribution in [0.25, 0.3) is 0 Å². The molecule has 1 unspecified atom stereocenters. The summed E-state index contributed by atoms with van der Waals surface area (Å²) in [5, 5.41) is 3.26. The van der Waals surface area contributed by atoms with E-state index in [1.165, 1.54) is 16.0 Å². The fourth-order valence-corrected chi connectivity index (χ4v) is 2.66. The number of hydrogen-bond donors (Lipinski definition) is 1. The summed E-state index contributed by atoms with van der Waals surface area (Å²) >= 11 is 1.89. The number of likely N-dealkylation sites (N-methyl/N-ethyl adjacent to an activating group) is 1. The van der Waals surface area contributed by atoms with Crippen LogP contribution in [0.4, 0.5) is 0 Å². The van der Waals surface area contributed by atoms with Crippen LogP contribution in [-0.2, 0) is 4.74 Å². The SMILES string of the molecule is CNC(COC)CSc1ccc(C)cc1C. The van der Waals surface area contributed by atoms with Crippen LogP contribution in [0.1, 0.15) is 11.1 Å². The van der Waals surface area contributed by atoms with Crippen molar-refractivity contribution in [2.75, 3.05) is 26.5 Å². The zero-order valence-corrected chi connectivity index (χ0v) is 11.4. The normalized spacial score (nSPS) is 12.8. The minimum absolute atomic E-state index is 0.413. The molecule has 3 heteroatoms. The average molecular weight is 239 g/mol. The zero-order valence-electron chi connectivity index (χ0n) is 10.5. The molecule has 0 fully saturated rings. The third-order valence-electron chi connectivity index (χ3n) is 2.55. The lowest BCUT2D eigenvalue weighted by Crippen LogP contribution is -2.32. The van der Waals surface area contributed by atoms with E-state index in [4.69, 9.17) is 4.74 Å². The van der Waals surface area contributed by atoms with E-state index in [9.17, 15) is 0 Å². The van der Waals surface area contributed by atoms with Crippen molar-refractivity contribution in [1.82, 2.24) is 5.32 Å². The first-order chi connectivity index (χ1) is 7.67. The van der Waals surface area contributed by atoms with Crippen molar-refractivity contribution in [3.8, 4) is 0 Å². The molecule has 2 nitrogen and oxygen atoms in total. The molecule has 0 aromatic heterocycles. The zero-order chi connectivity index (χ0) is 12.0. The van der Waals surface area contributed by atoms with E-state index in [2.05, 4.69) is 37.4 Å². The summed E-state index contributed by atoms with van der Waals surface area (Å²) in [6, 6.07) is 7.01. The first-order valence-corrected chi connectivity index (χ1v) is 6.52. The molecule has 0 saturated carbocycles. The van der Waals surface area contributed by atoms with Crippen molar-refractivity contribution in [2.24, 2.45) is 0 Å². The van der Waals surface area contributed by atoms with Crippen molar-refractivity contribution in [2.45, 2.75) is 24.8 Å². The lowest BCUT2D eigenvalue weighted by Gasteiger charge is -2.15. The number of rotatable bonds is 6. The molecule has 1 rings (SSSR count). The summed E-state index contributed by atoms with van der Waals surface area (Å²) in [5.41, 5.74) is 2.68. The Bertz CT molecular complexity index is 328. The Labute approximate surface area is 103 Å². The summed E-state index contributed by atoms with van der Waals surface area (Å²) < 4.78 is 5.16. The Kier molecular flexibility index (Phi) is 5.88. The van der Waals surface area contributed by atoms with Gasteiger partial charge in [0.05, 0.1) is 6.61 Å². The van der Waals surface area contributed by atoms with Crippen LogP contribution < -0.4 is 5.32 Å². The number of aryl methyl sites for hydroxylation is 2. The predicted octanol–water partition coefficient (Wildman–Crippen LogP) is 2.63. The van der Waals surface area contributed by atoms with E-state index in [0.717, 1.165) is 12.4 Å². The number of methoxy groups -OCH3 is 1. The molecular weight excluding hydrogens is 218 g/mol. The van der Waals surface area contributed by atoms with Gasteiger partial charge in [0.1, 0.15) is 0 Å². The Morgan fingerprint density at radius 3 is 2.69 bits per heavy atom. The van der Waals surface area contributed by atoms with Crippen molar-refractivity contribution in [3.63, 3.8) is 0 Å². The fraction of sp³-hybridized carbons (Fsp3) is 0.538. The summed E-state index contributed by atoms with van der Waals surface area (Å²) in [5.74, 6) is 1.04. The number of thioether (sulfide) groups is 1. The van der Waals surface area contributed by atoms with Gasteiger partial charge in [0, 0.05) is 23.8 Å². The molecule has 0 aliphatic carbocycles. The topological polar surface area (TPSA) is 21.3 Å². The van der Waals surface area contributed by atoms with Crippen LogP contribution in [0.3, 0.4) is 0 Å². The molecule has 0 spiro atoms. The van der Waals surface area contributed by atoms with Crippen LogP contribution in [0.5, 0.6) is 0 Å². The fourth-order valence-electron chi connectivity index (χ4n) is 1.57. The van der Waals surface area contributed by atoms with Crippen LogP contribution >= 0.6 is 11.8 Å². The van der Waals surface area contributed by atoms with Gasteiger partial charge in [-0.05, 0) is 32.5 Å². The second-order valence-electron chi connectivity index (χ2n) is 4.02. The summed E-state index contributed by atoms with van der Waals surface area (Å²) in [6.45, 7) is 5.05. The highest BCUT2D eigenvalue weighted by molar-refractivity contribution is 7.99. The van der Waals surface area contributed by atoms with E-state index in [-0.39, 0.29) is 0 Å². The van der Waals surface area contributed by atoms with E-state index in [1.54, 1.807) is 7.11 Å². The van der Waals surface area contributed by atoms with Crippen LogP contribution in [0.15, 0.2) is 23.1 Å². The van der Waals surface area contributed by atoms with Crippen molar-refractivity contribution in [3.05, 3.63) is 29.3 Å². The minimum Gasteiger partial charge on any atom is -0.383 e. The van der Waals surface area contributed by atoms with E-state index >= 15 is 0 Å². The number of hydrogen-bond acceptors (Lipinski definition) is 3. The summed E-state index contributed by atoms with van der Waals surface area (Å²) in [4.78, 5) is 1.36. The standard InChI is InChI=1S/C13H21NOS/c1-10-5-6-13(11(2)7-10)16-9-12(14-3)8-15-4/h5-7,12,14H,8-9H2,1-4H3. The van der Waals surface area contributed by atoms with E-state index < -0.39 is 0 Å².